The fourth-order valence-corrected chi connectivity index (χ4v) is 2.29. The molecule has 0 atom stereocenters. The van der Waals surface area contributed by atoms with Crippen molar-refractivity contribution in [3.8, 4) is 28.7 Å². The Balaban J connectivity index is 1.93. The van der Waals surface area contributed by atoms with E-state index in [0.717, 1.165) is 5.56 Å². The van der Waals surface area contributed by atoms with Crippen LogP contribution in [-0.2, 0) is 6.42 Å². The Hall–Kier alpha value is -2.82. The van der Waals surface area contributed by atoms with Gasteiger partial charge in [-0.2, -0.15) is 0 Å². The van der Waals surface area contributed by atoms with Crippen molar-refractivity contribution in [2.45, 2.75) is 6.42 Å². The first-order chi connectivity index (χ1) is 10.1. The standard InChI is InChI=1S/C16H14O5/c1-20-16-13(18)5-3-10-8-11(21-15(10)16)6-9-2-4-12(17)14(19)7-9/h2-7,17-19H,8H2,1H3. The van der Waals surface area contributed by atoms with E-state index in [1.165, 1.54) is 19.2 Å². The van der Waals surface area contributed by atoms with Crippen molar-refractivity contribution in [1.29, 1.82) is 0 Å². The summed E-state index contributed by atoms with van der Waals surface area (Å²) in [6.07, 6.45) is 2.32. The average molecular weight is 286 g/mol. The minimum absolute atomic E-state index is 0.0276. The fraction of sp³-hybridized carbons (Fsp3) is 0.125. The predicted octanol–water partition coefficient (Wildman–Crippen LogP) is 2.79. The summed E-state index contributed by atoms with van der Waals surface area (Å²) in [5.41, 5.74) is 1.62. The number of benzene rings is 2. The molecule has 2 aromatic carbocycles. The SMILES string of the molecule is COc1c(O)ccc2c1OC(=Cc1ccc(O)c(O)c1)C2. The molecule has 0 radical (unpaired) electrons. The van der Waals surface area contributed by atoms with Gasteiger partial charge in [-0.3, -0.25) is 0 Å². The fourth-order valence-electron chi connectivity index (χ4n) is 2.29. The summed E-state index contributed by atoms with van der Waals surface area (Å²) >= 11 is 0. The molecule has 1 heterocycles. The van der Waals surface area contributed by atoms with E-state index < -0.39 is 0 Å². The summed E-state index contributed by atoms with van der Waals surface area (Å²) in [6, 6.07) is 7.88. The lowest BCUT2D eigenvalue weighted by Crippen LogP contribution is -1.90. The third-order valence-electron chi connectivity index (χ3n) is 3.30. The summed E-state index contributed by atoms with van der Waals surface area (Å²) < 4.78 is 10.9. The lowest BCUT2D eigenvalue weighted by atomic mass is 10.1. The highest BCUT2D eigenvalue weighted by atomic mass is 16.5. The first-order valence-corrected chi connectivity index (χ1v) is 6.37. The average Bonchev–Trinajstić information content (AvgIpc) is 2.85. The molecule has 5 heteroatoms. The third kappa shape index (κ3) is 2.33. The van der Waals surface area contributed by atoms with E-state index in [9.17, 15) is 15.3 Å². The van der Waals surface area contributed by atoms with Crippen molar-refractivity contribution in [3.63, 3.8) is 0 Å². The third-order valence-corrected chi connectivity index (χ3v) is 3.30. The van der Waals surface area contributed by atoms with Crippen LogP contribution >= 0.6 is 0 Å². The molecular weight excluding hydrogens is 272 g/mol. The van der Waals surface area contributed by atoms with Gasteiger partial charge in [0, 0.05) is 12.0 Å². The molecule has 1 aliphatic rings. The largest absolute Gasteiger partial charge is 0.504 e. The summed E-state index contributed by atoms with van der Waals surface area (Å²) in [5.74, 6) is 1.16. The van der Waals surface area contributed by atoms with Gasteiger partial charge in [0.15, 0.2) is 23.0 Å². The van der Waals surface area contributed by atoms with Crippen molar-refractivity contribution in [2.24, 2.45) is 0 Å². The second kappa shape index (κ2) is 4.94. The molecule has 108 valence electrons. The van der Waals surface area contributed by atoms with Gasteiger partial charge in [-0.1, -0.05) is 12.1 Å². The van der Waals surface area contributed by atoms with Crippen LogP contribution in [-0.4, -0.2) is 22.4 Å². The van der Waals surface area contributed by atoms with Crippen LogP contribution in [0, 0.1) is 0 Å². The first kappa shape index (κ1) is 13.2. The molecule has 21 heavy (non-hydrogen) atoms. The molecule has 5 nitrogen and oxygen atoms in total. The zero-order chi connectivity index (χ0) is 15.0. The number of fused-ring (bicyclic) bond motifs is 1. The van der Waals surface area contributed by atoms with Crippen LogP contribution in [0.4, 0.5) is 0 Å². The van der Waals surface area contributed by atoms with Crippen molar-refractivity contribution in [2.75, 3.05) is 7.11 Å². The van der Waals surface area contributed by atoms with Gasteiger partial charge in [0.25, 0.3) is 0 Å². The van der Waals surface area contributed by atoms with Crippen LogP contribution in [0.15, 0.2) is 36.1 Å². The van der Waals surface area contributed by atoms with E-state index in [0.29, 0.717) is 29.2 Å². The topological polar surface area (TPSA) is 79.2 Å². The number of methoxy groups -OCH3 is 1. The van der Waals surface area contributed by atoms with Crippen LogP contribution in [0.3, 0.4) is 0 Å². The molecular formula is C16H14O5. The molecule has 1 aliphatic heterocycles. The van der Waals surface area contributed by atoms with Gasteiger partial charge in [0.2, 0.25) is 5.75 Å². The summed E-state index contributed by atoms with van der Waals surface area (Å²) in [6.45, 7) is 0. The monoisotopic (exact) mass is 286 g/mol. The quantitative estimate of drug-likeness (QED) is 0.740. The maximum absolute atomic E-state index is 9.73. The normalized spacial score (nSPS) is 14.8. The lowest BCUT2D eigenvalue weighted by molar-refractivity contribution is 0.346. The van der Waals surface area contributed by atoms with Crippen LogP contribution in [0.5, 0.6) is 28.7 Å². The number of phenolic OH excluding ortho intramolecular Hbond substituents is 3. The molecule has 3 rings (SSSR count). The van der Waals surface area contributed by atoms with Gasteiger partial charge in [0.1, 0.15) is 5.76 Å². The zero-order valence-corrected chi connectivity index (χ0v) is 11.3. The van der Waals surface area contributed by atoms with Crippen LogP contribution < -0.4 is 9.47 Å². The number of phenols is 3. The number of hydrogen-bond acceptors (Lipinski definition) is 5. The molecule has 0 saturated heterocycles. The number of ether oxygens (including phenoxy) is 2. The van der Waals surface area contributed by atoms with Crippen molar-refractivity contribution >= 4 is 6.08 Å². The Labute approximate surface area is 121 Å². The minimum Gasteiger partial charge on any atom is -0.504 e. The van der Waals surface area contributed by atoms with E-state index in [1.54, 1.807) is 24.3 Å². The lowest BCUT2D eigenvalue weighted by Gasteiger charge is -2.08. The molecule has 0 amide bonds. The van der Waals surface area contributed by atoms with E-state index in [4.69, 9.17) is 9.47 Å². The van der Waals surface area contributed by atoms with Gasteiger partial charge in [-0.25, -0.2) is 0 Å². The Morgan fingerprint density at radius 3 is 2.52 bits per heavy atom. The Morgan fingerprint density at radius 1 is 1.05 bits per heavy atom. The number of aromatic hydroxyl groups is 3. The Bertz CT molecular complexity index is 734. The molecule has 0 aliphatic carbocycles. The van der Waals surface area contributed by atoms with E-state index in [-0.39, 0.29) is 17.2 Å². The zero-order valence-electron chi connectivity index (χ0n) is 11.3. The summed E-state index contributed by atoms with van der Waals surface area (Å²) in [7, 11) is 1.47. The van der Waals surface area contributed by atoms with Crippen LogP contribution in [0.25, 0.3) is 6.08 Å². The number of rotatable bonds is 2. The Morgan fingerprint density at radius 2 is 1.81 bits per heavy atom. The van der Waals surface area contributed by atoms with Gasteiger partial charge in [-0.15, -0.1) is 0 Å². The second-order valence-corrected chi connectivity index (χ2v) is 4.74. The summed E-state index contributed by atoms with van der Waals surface area (Å²) in [4.78, 5) is 0. The van der Waals surface area contributed by atoms with Gasteiger partial charge in [-0.05, 0) is 29.8 Å². The molecule has 0 fully saturated rings. The maximum Gasteiger partial charge on any atom is 0.203 e. The van der Waals surface area contributed by atoms with Gasteiger partial charge in [0.05, 0.1) is 7.11 Å². The predicted molar refractivity (Wildman–Crippen MR) is 76.7 cm³/mol. The maximum atomic E-state index is 9.73. The molecule has 0 aromatic heterocycles. The first-order valence-electron chi connectivity index (χ1n) is 6.37. The van der Waals surface area contributed by atoms with E-state index in [2.05, 4.69) is 0 Å². The molecule has 0 unspecified atom stereocenters. The molecule has 0 saturated carbocycles. The van der Waals surface area contributed by atoms with Gasteiger partial charge >= 0.3 is 0 Å². The smallest absolute Gasteiger partial charge is 0.203 e. The van der Waals surface area contributed by atoms with Crippen molar-refractivity contribution in [1.82, 2.24) is 0 Å². The highest BCUT2D eigenvalue weighted by molar-refractivity contribution is 5.63. The molecule has 2 aromatic rings. The number of hydrogen-bond donors (Lipinski definition) is 3. The summed E-state index contributed by atoms with van der Waals surface area (Å²) in [5, 5.41) is 28.5. The van der Waals surface area contributed by atoms with E-state index >= 15 is 0 Å². The molecule has 3 N–H and O–H groups in total. The number of allylic oxidation sites excluding steroid dienone is 1. The second-order valence-electron chi connectivity index (χ2n) is 4.74. The molecule has 0 bridgehead atoms. The Kier molecular flexibility index (Phi) is 3.10. The molecule has 0 spiro atoms. The van der Waals surface area contributed by atoms with Crippen LogP contribution in [0.2, 0.25) is 0 Å². The highest BCUT2D eigenvalue weighted by Crippen LogP contribution is 2.45. The van der Waals surface area contributed by atoms with Gasteiger partial charge < -0.3 is 24.8 Å². The van der Waals surface area contributed by atoms with Crippen molar-refractivity contribution in [3.05, 3.63) is 47.2 Å². The van der Waals surface area contributed by atoms with E-state index in [1.807, 2.05) is 0 Å². The minimum atomic E-state index is -0.185. The highest BCUT2D eigenvalue weighted by Gasteiger charge is 2.24. The van der Waals surface area contributed by atoms with Crippen molar-refractivity contribution < 1.29 is 24.8 Å². The van der Waals surface area contributed by atoms with Crippen LogP contribution in [0.1, 0.15) is 11.1 Å².